The van der Waals surface area contributed by atoms with Gasteiger partial charge in [-0.3, -0.25) is 14.5 Å². The summed E-state index contributed by atoms with van der Waals surface area (Å²) < 4.78 is 5.61. The zero-order chi connectivity index (χ0) is 17.9. The lowest BCUT2D eigenvalue weighted by Crippen LogP contribution is -2.31. The summed E-state index contributed by atoms with van der Waals surface area (Å²) in [7, 11) is 0. The van der Waals surface area contributed by atoms with Gasteiger partial charge in [0.05, 0.1) is 17.4 Å². The summed E-state index contributed by atoms with van der Waals surface area (Å²) in [5.41, 5.74) is 2.20. The highest BCUT2D eigenvalue weighted by atomic mass is 16.3. The Hall–Kier alpha value is -3.14. The van der Waals surface area contributed by atoms with Crippen LogP contribution in [-0.2, 0) is 6.42 Å². The van der Waals surface area contributed by atoms with E-state index in [1.165, 1.54) is 10.5 Å². The van der Waals surface area contributed by atoms with Crippen LogP contribution < -0.4 is 0 Å². The number of imide groups is 1. The van der Waals surface area contributed by atoms with Crippen LogP contribution in [0.4, 0.5) is 0 Å². The van der Waals surface area contributed by atoms with E-state index < -0.39 is 0 Å². The fourth-order valence-electron chi connectivity index (χ4n) is 3.49. The number of rotatable bonds is 6. The first-order valence-corrected chi connectivity index (χ1v) is 8.76. The van der Waals surface area contributed by atoms with E-state index in [-0.39, 0.29) is 17.7 Å². The van der Waals surface area contributed by atoms with Crippen LogP contribution in [0.5, 0.6) is 0 Å². The summed E-state index contributed by atoms with van der Waals surface area (Å²) in [5.74, 6) is 0.578. The van der Waals surface area contributed by atoms with Gasteiger partial charge in [0.2, 0.25) is 0 Å². The molecule has 2 heterocycles. The second-order valence-corrected chi connectivity index (χ2v) is 6.50. The molecular formula is C22H19NO3. The summed E-state index contributed by atoms with van der Waals surface area (Å²) in [6.45, 7) is 0.380. The smallest absolute Gasteiger partial charge is 0.261 e. The third kappa shape index (κ3) is 3.06. The third-order valence-corrected chi connectivity index (χ3v) is 4.85. The van der Waals surface area contributed by atoms with Gasteiger partial charge in [0, 0.05) is 12.5 Å². The molecule has 1 aliphatic heterocycles. The van der Waals surface area contributed by atoms with Gasteiger partial charge >= 0.3 is 0 Å². The van der Waals surface area contributed by atoms with Gasteiger partial charge in [0.1, 0.15) is 5.76 Å². The molecule has 4 heteroatoms. The Bertz CT molecular complexity index is 881. The van der Waals surface area contributed by atoms with Crippen LogP contribution in [0, 0.1) is 0 Å². The Labute approximate surface area is 152 Å². The summed E-state index contributed by atoms with van der Waals surface area (Å²) >= 11 is 0. The topological polar surface area (TPSA) is 50.5 Å². The van der Waals surface area contributed by atoms with Crippen molar-refractivity contribution in [2.24, 2.45) is 0 Å². The van der Waals surface area contributed by atoms with Gasteiger partial charge in [-0.2, -0.15) is 0 Å². The molecule has 0 N–H and O–H groups in total. The molecule has 2 aromatic carbocycles. The van der Waals surface area contributed by atoms with E-state index in [2.05, 4.69) is 12.1 Å². The maximum atomic E-state index is 12.5. The SMILES string of the molecule is O=C1c2ccccc2C(=O)N1CC[C@H](Cc1ccccc1)c1ccco1. The van der Waals surface area contributed by atoms with Crippen LogP contribution in [0.15, 0.2) is 77.4 Å². The first kappa shape index (κ1) is 16.3. The van der Waals surface area contributed by atoms with Crippen molar-refractivity contribution in [2.45, 2.75) is 18.8 Å². The van der Waals surface area contributed by atoms with E-state index >= 15 is 0 Å². The van der Waals surface area contributed by atoms with Crippen molar-refractivity contribution < 1.29 is 14.0 Å². The summed E-state index contributed by atoms with van der Waals surface area (Å²) in [6.07, 6.45) is 3.13. The molecule has 0 radical (unpaired) electrons. The zero-order valence-electron chi connectivity index (χ0n) is 14.3. The molecule has 0 fully saturated rings. The summed E-state index contributed by atoms with van der Waals surface area (Å²) in [6, 6.07) is 21.0. The second-order valence-electron chi connectivity index (χ2n) is 6.50. The van der Waals surface area contributed by atoms with Crippen molar-refractivity contribution in [2.75, 3.05) is 6.54 Å². The van der Waals surface area contributed by atoms with Crippen LogP contribution in [0.25, 0.3) is 0 Å². The van der Waals surface area contributed by atoms with E-state index in [9.17, 15) is 9.59 Å². The van der Waals surface area contributed by atoms with Gasteiger partial charge in [-0.15, -0.1) is 0 Å². The maximum Gasteiger partial charge on any atom is 0.261 e. The summed E-state index contributed by atoms with van der Waals surface area (Å²) in [4.78, 5) is 26.4. The van der Waals surface area contributed by atoms with Crippen molar-refractivity contribution in [3.63, 3.8) is 0 Å². The molecular weight excluding hydrogens is 326 g/mol. The Kier molecular flexibility index (Phi) is 4.40. The minimum atomic E-state index is -0.205. The Morgan fingerprint density at radius 2 is 1.46 bits per heavy atom. The average molecular weight is 345 g/mol. The highest BCUT2D eigenvalue weighted by Crippen LogP contribution is 2.28. The van der Waals surface area contributed by atoms with Crippen molar-refractivity contribution in [3.05, 3.63) is 95.4 Å². The Morgan fingerprint density at radius 3 is 2.08 bits per heavy atom. The van der Waals surface area contributed by atoms with Gasteiger partial charge in [-0.25, -0.2) is 0 Å². The Balaban J connectivity index is 1.51. The lowest BCUT2D eigenvalue weighted by molar-refractivity contribution is 0.0648. The zero-order valence-corrected chi connectivity index (χ0v) is 14.3. The lowest BCUT2D eigenvalue weighted by Gasteiger charge is -2.19. The normalized spacial score (nSPS) is 14.5. The van der Waals surface area contributed by atoms with E-state index in [1.807, 2.05) is 30.3 Å². The number of hydrogen-bond acceptors (Lipinski definition) is 3. The van der Waals surface area contributed by atoms with Crippen molar-refractivity contribution in [1.29, 1.82) is 0 Å². The number of nitrogens with zero attached hydrogens (tertiary/aromatic N) is 1. The van der Waals surface area contributed by atoms with Crippen molar-refractivity contribution >= 4 is 11.8 Å². The van der Waals surface area contributed by atoms with E-state index in [4.69, 9.17) is 4.42 Å². The summed E-state index contributed by atoms with van der Waals surface area (Å²) in [5, 5.41) is 0. The minimum Gasteiger partial charge on any atom is -0.469 e. The van der Waals surface area contributed by atoms with Crippen LogP contribution in [0.3, 0.4) is 0 Å². The number of amides is 2. The first-order valence-electron chi connectivity index (χ1n) is 8.76. The number of fused-ring (bicyclic) bond motifs is 1. The molecule has 1 aromatic heterocycles. The monoisotopic (exact) mass is 345 g/mol. The molecule has 0 unspecified atom stereocenters. The average Bonchev–Trinajstić information content (AvgIpc) is 3.29. The highest BCUT2D eigenvalue weighted by Gasteiger charge is 2.35. The highest BCUT2D eigenvalue weighted by molar-refractivity contribution is 6.21. The number of furan rings is 1. The number of benzene rings is 2. The lowest BCUT2D eigenvalue weighted by atomic mass is 9.93. The van der Waals surface area contributed by atoms with E-state index in [0.717, 1.165) is 12.2 Å². The molecule has 4 nitrogen and oxygen atoms in total. The molecule has 3 aromatic rings. The molecule has 130 valence electrons. The molecule has 1 atom stereocenters. The van der Waals surface area contributed by atoms with Gasteiger partial charge in [-0.05, 0) is 42.7 Å². The standard InChI is InChI=1S/C22H19NO3/c24-21-18-9-4-5-10-19(18)22(25)23(21)13-12-17(20-11-6-14-26-20)15-16-7-2-1-3-8-16/h1-11,14,17H,12-13,15H2/t17-/m1/s1. The number of carbonyl (C=O) groups is 2. The molecule has 0 saturated heterocycles. The van der Waals surface area contributed by atoms with Gasteiger partial charge in [0.25, 0.3) is 11.8 Å². The molecule has 0 bridgehead atoms. The van der Waals surface area contributed by atoms with Crippen LogP contribution in [0.2, 0.25) is 0 Å². The van der Waals surface area contributed by atoms with E-state index in [0.29, 0.717) is 24.1 Å². The van der Waals surface area contributed by atoms with Gasteiger partial charge in [-0.1, -0.05) is 42.5 Å². The van der Waals surface area contributed by atoms with Crippen LogP contribution >= 0.6 is 0 Å². The molecule has 0 aliphatic carbocycles. The van der Waals surface area contributed by atoms with Crippen LogP contribution in [-0.4, -0.2) is 23.3 Å². The molecule has 4 rings (SSSR count). The fraction of sp³-hybridized carbons (Fsp3) is 0.182. The third-order valence-electron chi connectivity index (χ3n) is 4.85. The Morgan fingerprint density at radius 1 is 0.808 bits per heavy atom. The van der Waals surface area contributed by atoms with Gasteiger partial charge in [0.15, 0.2) is 0 Å². The number of carbonyl (C=O) groups excluding carboxylic acids is 2. The molecule has 26 heavy (non-hydrogen) atoms. The predicted molar refractivity (Wildman–Crippen MR) is 98.0 cm³/mol. The predicted octanol–water partition coefficient (Wildman–Crippen LogP) is 4.29. The molecule has 1 aliphatic rings. The molecule has 0 spiro atoms. The van der Waals surface area contributed by atoms with Crippen molar-refractivity contribution in [1.82, 2.24) is 4.90 Å². The van der Waals surface area contributed by atoms with Gasteiger partial charge < -0.3 is 4.42 Å². The second kappa shape index (κ2) is 7.00. The fourth-order valence-corrected chi connectivity index (χ4v) is 3.49. The molecule has 2 amide bonds. The largest absolute Gasteiger partial charge is 0.469 e. The van der Waals surface area contributed by atoms with E-state index in [1.54, 1.807) is 30.5 Å². The quantitative estimate of drug-likeness (QED) is 0.626. The minimum absolute atomic E-state index is 0.108. The molecule has 0 saturated carbocycles. The van der Waals surface area contributed by atoms with Crippen molar-refractivity contribution in [3.8, 4) is 0 Å². The van der Waals surface area contributed by atoms with Crippen LogP contribution in [0.1, 0.15) is 44.4 Å². The number of hydrogen-bond donors (Lipinski definition) is 0. The first-order chi connectivity index (χ1) is 12.7. The maximum absolute atomic E-state index is 12.5.